The normalized spacial score (nSPS) is 24.3. The predicted octanol–water partition coefficient (Wildman–Crippen LogP) is 1.12. The van der Waals surface area contributed by atoms with E-state index in [1.807, 2.05) is 20.8 Å². The number of aliphatic hydroxyl groups excluding tert-OH is 1. The molecule has 1 aliphatic heterocycles. The van der Waals surface area contributed by atoms with Crippen LogP contribution in [0.1, 0.15) is 46.5 Å². The maximum atomic E-state index is 12.4. The first-order valence-electron chi connectivity index (χ1n) is 6.55. The number of hydrogen-bond acceptors (Lipinski definition) is 3. The molecule has 1 rings (SSSR count). The third kappa shape index (κ3) is 3.68. The maximum absolute atomic E-state index is 12.4. The molecule has 100 valence electrons. The van der Waals surface area contributed by atoms with Crippen molar-refractivity contribution in [2.24, 2.45) is 11.1 Å². The van der Waals surface area contributed by atoms with Crippen LogP contribution in [-0.4, -0.2) is 41.1 Å². The van der Waals surface area contributed by atoms with Gasteiger partial charge in [-0.1, -0.05) is 33.6 Å². The number of carbonyl (C=O) groups is 1. The molecule has 1 amide bonds. The summed E-state index contributed by atoms with van der Waals surface area (Å²) in [5.41, 5.74) is 5.79. The van der Waals surface area contributed by atoms with E-state index in [0.717, 1.165) is 32.2 Å². The summed E-state index contributed by atoms with van der Waals surface area (Å²) >= 11 is 0. The zero-order chi connectivity index (χ0) is 13.1. The monoisotopic (exact) mass is 242 g/mol. The highest BCUT2D eigenvalue weighted by molar-refractivity contribution is 5.82. The fraction of sp³-hybridized carbons (Fsp3) is 0.923. The second kappa shape index (κ2) is 5.83. The van der Waals surface area contributed by atoms with Gasteiger partial charge in [0.1, 0.15) is 0 Å². The largest absolute Gasteiger partial charge is 0.394 e. The molecular formula is C13H26N2O2. The molecule has 1 fully saturated rings. The molecule has 2 atom stereocenters. The average Bonchev–Trinajstić information content (AvgIpc) is 2.50. The number of nitrogens with zero attached hydrogens (tertiary/aromatic N) is 1. The van der Waals surface area contributed by atoms with Gasteiger partial charge in [-0.2, -0.15) is 0 Å². The summed E-state index contributed by atoms with van der Waals surface area (Å²) in [5, 5.41) is 9.39. The third-order valence-electron chi connectivity index (χ3n) is 3.57. The molecule has 17 heavy (non-hydrogen) atoms. The van der Waals surface area contributed by atoms with Gasteiger partial charge in [-0.15, -0.1) is 0 Å². The average molecular weight is 242 g/mol. The van der Waals surface area contributed by atoms with Gasteiger partial charge in [0.15, 0.2) is 0 Å². The summed E-state index contributed by atoms with van der Waals surface area (Å²) in [6.07, 6.45) is 4.11. The molecule has 0 spiro atoms. The number of carbonyl (C=O) groups excluding carboxylic acids is 1. The number of amides is 1. The Kier molecular flexibility index (Phi) is 4.95. The lowest BCUT2D eigenvalue weighted by molar-refractivity contribution is -0.138. The minimum absolute atomic E-state index is 0.0153. The number of nitrogens with two attached hydrogens (primary N) is 1. The predicted molar refractivity (Wildman–Crippen MR) is 68.5 cm³/mol. The lowest BCUT2D eigenvalue weighted by Crippen LogP contribution is -2.54. The molecule has 0 aromatic rings. The van der Waals surface area contributed by atoms with Crippen molar-refractivity contribution in [1.82, 2.24) is 4.90 Å². The highest BCUT2D eigenvalue weighted by Crippen LogP contribution is 2.23. The first kappa shape index (κ1) is 14.5. The minimum Gasteiger partial charge on any atom is -0.394 e. The van der Waals surface area contributed by atoms with Crippen molar-refractivity contribution in [3.05, 3.63) is 0 Å². The van der Waals surface area contributed by atoms with Gasteiger partial charge in [-0.3, -0.25) is 4.79 Å². The fourth-order valence-corrected chi connectivity index (χ4v) is 2.21. The van der Waals surface area contributed by atoms with E-state index in [-0.39, 0.29) is 24.0 Å². The van der Waals surface area contributed by atoms with Gasteiger partial charge in [-0.05, 0) is 18.3 Å². The van der Waals surface area contributed by atoms with Crippen molar-refractivity contribution in [1.29, 1.82) is 0 Å². The van der Waals surface area contributed by atoms with Crippen LogP contribution in [0.3, 0.4) is 0 Å². The second-order valence-electron chi connectivity index (χ2n) is 6.06. The SMILES string of the molecule is CC(C)(C)[C@@H](N)C(=O)N1CCCCCC1CO. The molecule has 0 saturated carbocycles. The van der Waals surface area contributed by atoms with Crippen LogP contribution in [0.4, 0.5) is 0 Å². The molecule has 0 aromatic heterocycles. The Labute approximate surface area is 104 Å². The lowest BCUT2D eigenvalue weighted by Gasteiger charge is -2.35. The van der Waals surface area contributed by atoms with Crippen molar-refractivity contribution in [3.8, 4) is 0 Å². The van der Waals surface area contributed by atoms with Crippen molar-refractivity contribution in [3.63, 3.8) is 0 Å². The summed E-state index contributed by atoms with van der Waals surface area (Å²) in [7, 11) is 0. The number of hydrogen-bond donors (Lipinski definition) is 2. The van der Waals surface area contributed by atoms with Gasteiger partial charge in [0.2, 0.25) is 5.91 Å². The zero-order valence-electron chi connectivity index (χ0n) is 11.3. The molecule has 1 unspecified atom stereocenters. The van der Waals surface area contributed by atoms with E-state index in [4.69, 9.17) is 5.73 Å². The Morgan fingerprint density at radius 2 is 2.06 bits per heavy atom. The summed E-state index contributed by atoms with van der Waals surface area (Å²) in [5.74, 6) is -0.0153. The van der Waals surface area contributed by atoms with Crippen LogP contribution in [0.5, 0.6) is 0 Å². The highest BCUT2D eigenvalue weighted by atomic mass is 16.3. The van der Waals surface area contributed by atoms with Crippen molar-refractivity contribution in [2.75, 3.05) is 13.2 Å². The van der Waals surface area contributed by atoms with Crippen molar-refractivity contribution < 1.29 is 9.90 Å². The van der Waals surface area contributed by atoms with E-state index in [0.29, 0.717) is 0 Å². The summed E-state index contributed by atoms with van der Waals surface area (Å²) in [4.78, 5) is 14.2. The maximum Gasteiger partial charge on any atom is 0.240 e. The van der Waals surface area contributed by atoms with Crippen LogP contribution < -0.4 is 5.73 Å². The lowest BCUT2D eigenvalue weighted by atomic mass is 9.86. The molecule has 1 saturated heterocycles. The Morgan fingerprint density at radius 3 is 2.59 bits per heavy atom. The van der Waals surface area contributed by atoms with Crippen molar-refractivity contribution >= 4 is 5.91 Å². The molecule has 0 bridgehead atoms. The van der Waals surface area contributed by atoms with E-state index in [9.17, 15) is 9.90 Å². The van der Waals surface area contributed by atoms with Crippen molar-refractivity contribution in [2.45, 2.75) is 58.5 Å². The van der Waals surface area contributed by atoms with Crippen LogP contribution in [0, 0.1) is 5.41 Å². The molecule has 3 N–H and O–H groups in total. The second-order valence-corrected chi connectivity index (χ2v) is 6.06. The van der Waals surface area contributed by atoms with Gasteiger partial charge in [0.05, 0.1) is 18.7 Å². The molecule has 4 heteroatoms. The molecule has 1 aliphatic rings. The van der Waals surface area contributed by atoms with E-state index >= 15 is 0 Å². The quantitative estimate of drug-likeness (QED) is 0.762. The molecular weight excluding hydrogens is 216 g/mol. The van der Waals surface area contributed by atoms with E-state index in [2.05, 4.69) is 0 Å². The molecule has 0 aromatic carbocycles. The summed E-state index contributed by atoms with van der Waals surface area (Å²) in [6, 6.07) is -0.534. The van der Waals surface area contributed by atoms with E-state index < -0.39 is 6.04 Å². The van der Waals surface area contributed by atoms with Crippen LogP contribution in [0.25, 0.3) is 0 Å². The molecule has 0 radical (unpaired) electrons. The van der Waals surface area contributed by atoms with Crippen LogP contribution in [0.15, 0.2) is 0 Å². The Bertz CT molecular complexity index is 261. The van der Waals surface area contributed by atoms with Gasteiger partial charge in [0.25, 0.3) is 0 Å². The van der Waals surface area contributed by atoms with Gasteiger partial charge >= 0.3 is 0 Å². The smallest absolute Gasteiger partial charge is 0.240 e. The standard InChI is InChI=1S/C13H26N2O2/c1-13(2,3)11(14)12(17)15-8-6-4-5-7-10(15)9-16/h10-11,16H,4-9,14H2,1-3H3/t10?,11-/m0/s1. The molecule has 4 nitrogen and oxygen atoms in total. The summed E-state index contributed by atoms with van der Waals surface area (Å²) < 4.78 is 0. The van der Waals surface area contributed by atoms with Crippen LogP contribution in [0.2, 0.25) is 0 Å². The van der Waals surface area contributed by atoms with Gasteiger partial charge in [0, 0.05) is 6.54 Å². The molecule has 1 heterocycles. The Hall–Kier alpha value is -0.610. The van der Waals surface area contributed by atoms with Gasteiger partial charge in [-0.25, -0.2) is 0 Å². The number of aliphatic hydroxyl groups is 1. The minimum atomic E-state index is -0.491. The fourth-order valence-electron chi connectivity index (χ4n) is 2.21. The van der Waals surface area contributed by atoms with E-state index in [1.165, 1.54) is 0 Å². The third-order valence-corrected chi connectivity index (χ3v) is 3.57. The van der Waals surface area contributed by atoms with Crippen LogP contribution in [-0.2, 0) is 4.79 Å². The topological polar surface area (TPSA) is 66.6 Å². The number of likely N-dealkylation sites (tertiary alicyclic amines) is 1. The first-order valence-corrected chi connectivity index (χ1v) is 6.55. The summed E-state index contributed by atoms with van der Waals surface area (Å²) in [6.45, 7) is 6.69. The Morgan fingerprint density at radius 1 is 1.41 bits per heavy atom. The first-order chi connectivity index (χ1) is 7.88. The highest BCUT2D eigenvalue weighted by Gasteiger charge is 2.34. The number of rotatable bonds is 2. The molecule has 0 aliphatic carbocycles. The van der Waals surface area contributed by atoms with Gasteiger partial charge < -0.3 is 15.7 Å². The Balaban J connectivity index is 2.77. The van der Waals surface area contributed by atoms with Crippen LogP contribution >= 0.6 is 0 Å². The van der Waals surface area contributed by atoms with E-state index in [1.54, 1.807) is 4.90 Å². The zero-order valence-corrected chi connectivity index (χ0v) is 11.3.